The van der Waals surface area contributed by atoms with Crippen molar-refractivity contribution in [3.63, 3.8) is 0 Å². The molecule has 2 heteroatoms. The molecule has 2 unspecified atom stereocenters. The van der Waals surface area contributed by atoms with E-state index in [1.54, 1.807) is 12.1 Å². The Balaban J connectivity index is 1.33. The molecule has 0 saturated heterocycles. The third-order valence-corrected chi connectivity index (χ3v) is 10.8. The molecule has 28 heavy (non-hydrogen) atoms. The lowest BCUT2D eigenvalue weighted by atomic mass is 9.32. The molecule has 1 N–H and O–H groups in total. The zero-order chi connectivity index (χ0) is 18.7. The van der Waals surface area contributed by atoms with Crippen LogP contribution in [0.15, 0.2) is 18.2 Å². The maximum absolute atomic E-state index is 14.3. The van der Waals surface area contributed by atoms with E-state index in [-0.39, 0.29) is 11.2 Å². The van der Waals surface area contributed by atoms with Crippen molar-refractivity contribution < 1.29 is 9.50 Å². The van der Waals surface area contributed by atoms with Gasteiger partial charge in [0.05, 0.1) is 0 Å². The van der Waals surface area contributed by atoms with Gasteiger partial charge in [0.2, 0.25) is 0 Å². The van der Waals surface area contributed by atoms with Crippen molar-refractivity contribution in [2.24, 2.45) is 40.4 Å². The fourth-order valence-electron chi connectivity index (χ4n) is 10.8. The van der Waals surface area contributed by atoms with Gasteiger partial charge in [-0.3, -0.25) is 0 Å². The van der Waals surface area contributed by atoms with Crippen LogP contribution in [0.5, 0.6) is 5.75 Å². The van der Waals surface area contributed by atoms with E-state index < -0.39 is 5.82 Å². The summed E-state index contributed by atoms with van der Waals surface area (Å²) in [6, 6.07) is 5.36. The first-order chi connectivity index (χ1) is 13.5. The quantitative estimate of drug-likeness (QED) is 0.614. The minimum absolute atomic E-state index is 0.182. The molecule has 0 heterocycles. The van der Waals surface area contributed by atoms with Crippen molar-refractivity contribution in [3.05, 3.63) is 29.6 Å². The number of halogens is 1. The minimum atomic E-state index is -0.419. The first-order valence-corrected chi connectivity index (χ1v) is 12.0. The number of phenols is 1. The van der Waals surface area contributed by atoms with Crippen LogP contribution >= 0.6 is 0 Å². The molecule has 2 atom stereocenters. The first-order valence-electron chi connectivity index (χ1n) is 12.0. The predicted octanol–water partition coefficient (Wildman–Crippen LogP) is 6.59. The number of phenolic OH excluding ortho intramolecular Hbond substituents is 1. The van der Waals surface area contributed by atoms with Gasteiger partial charge < -0.3 is 5.11 Å². The number of hydrogen-bond acceptors (Lipinski definition) is 1. The van der Waals surface area contributed by atoms with Crippen LogP contribution < -0.4 is 0 Å². The summed E-state index contributed by atoms with van der Waals surface area (Å²) in [6.45, 7) is 0. The van der Waals surface area contributed by atoms with Gasteiger partial charge in [0.25, 0.3) is 0 Å². The van der Waals surface area contributed by atoms with E-state index in [1.165, 1.54) is 82.6 Å². The fraction of sp³-hybridized carbons (Fsp3) is 0.769. The van der Waals surface area contributed by atoms with E-state index in [4.69, 9.17) is 0 Å². The molecular formula is C26H33FO. The molecule has 8 bridgehead atoms. The Morgan fingerprint density at radius 2 is 1.25 bits per heavy atom. The third-order valence-electron chi connectivity index (χ3n) is 10.8. The van der Waals surface area contributed by atoms with Gasteiger partial charge in [0, 0.05) is 0 Å². The molecule has 8 saturated carbocycles. The third kappa shape index (κ3) is 2.03. The Bertz CT molecular complexity index is 792. The molecule has 0 aromatic heterocycles. The summed E-state index contributed by atoms with van der Waals surface area (Å²) >= 11 is 0. The summed E-state index contributed by atoms with van der Waals surface area (Å²) in [5.41, 5.74) is 2.52. The average Bonchev–Trinajstić information content (AvgIpc) is 2.62. The number of hydrogen-bond donors (Lipinski definition) is 1. The Morgan fingerprint density at radius 1 is 0.714 bits per heavy atom. The van der Waals surface area contributed by atoms with Gasteiger partial charge >= 0.3 is 0 Å². The maximum Gasteiger partial charge on any atom is 0.165 e. The second kappa shape index (κ2) is 5.16. The smallest absolute Gasteiger partial charge is 0.165 e. The number of aromatic hydroxyl groups is 1. The van der Waals surface area contributed by atoms with Crippen molar-refractivity contribution in [3.8, 4) is 5.75 Å². The molecule has 0 amide bonds. The Hall–Kier alpha value is -1.05. The average molecular weight is 381 g/mol. The fourth-order valence-corrected chi connectivity index (χ4v) is 10.8. The molecule has 0 spiro atoms. The molecule has 150 valence electrons. The van der Waals surface area contributed by atoms with E-state index in [1.807, 2.05) is 0 Å². The summed E-state index contributed by atoms with van der Waals surface area (Å²) in [4.78, 5) is 0. The zero-order valence-electron chi connectivity index (χ0n) is 16.9. The van der Waals surface area contributed by atoms with E-state index >= 15 is 0 Å². The monoisotopic (exact) mass is 380 g/mol. The molecule has 8 fully saturated rings. The van der Waals surface area contributed by atoms with Gasteiger partial charge in [-0.25, -0.2) is 4.39 Å². The molecule has 0 aliphatic heterocycles. The Labute approximate surface area is 168 Å². The largest absolute Gasteiger partial charge is 0.505 e. The molecule has 9 rings (SSSR count). The topological polar surface area (TPSA) is 20.2 Å². The highest BCUT2D eigenvalue weighted by molar-refractivity contribution is 5.36. The zero-order valence-corrected chi connectivity index (χ0v) is 16.9. The van der Waals surface area contributed by atoms with Crippen LogP contribution in [0.2, 0.25) is 0 Å². The Morgan fingerprint density at radius 3 is 1.82 bits per heavy atom. The van der Waals surface area contributed by atoms with Crippen LogP contribution in [-0.4, -0.2) is 5.11 Å². The van der Waals surface area contributed by atoms with Gasteiger partial charge in [-0.1, -0.05) is 6.07 Å². The van der Waals surface area contributed by atoms with Crippen molar-refractivity contribution in [1.82, 2.24) is 0 Å². The first kappa shape index (κ1) is 16.7. The van der Waals surface area contributed by atoms with E-state index in [0.717, 1.165) is 29.6 Å². The highest BCUT2D eigenvalue weighted by Crippen LogP contribution is 2.77. The lowest BCUT2D eigenvalue weighted by Gasteiger charge is -2.72. The van der Waals surface area contributed by atoms with Crippen molar-refractivity contribution in [2.45, 2.75) is 82.5 Å². The molecule has 8 aliphatic carbocycles. The lowest BCUT2D eigenvalue weighted by Crippen LogP contribution is -2.63. The second-order valence-corrected chi connectivity index (χ2v) is 12.4. The second-order valence-electron chi connectivity index (χ2n) is 12.4. The van der Waals surface area contributed by atoms with Crippen LogP contribution in [0.3, 0.4) is 0 Å². The maximum atomic E-state index is 14.3. The molecule has 1 aromatic rings. The predicted molar refractivity (Wildman–Crippen MR) is 107 cm³/mol. The van der Waals surface area contributed by atoms with Crippen LogP contribution in [-0.2, 0) is 5.41 Å². The highest BCUT2D eigenvalue weighted by Gasteiger charge is 2.67. The van der Waals surface area contributed by atoms with Crippen molar-refractivity contribution in [2.75, 3.05) is 0 Å². The SMILES string of the molecule is Oc1ccc(C23CC4CC(C2)CC(C25CC6CC(CC(C6)C2)C5)(C4)C3)cc1F. The minimum Gasteiger partial charge on any atom is -0.505 e. The van der Waals surface area contributed by atoms with E-state index in [2.05, 4.69) is 6.07 Å². The van der Waals surface area contributed by atoms with Crippen molar-refractivity contribution in [1.29, 1.82) is 0 Å². The van der Waals surface area contributed by atoms with E-state index in [0.29, 0.717) is 10.8 Å². The van der Waals surface area contributed by atoms with Gasteiger partial charge in [0.15, 0.2) is 11.6 Å². The molecule has 1 aromatic carbocycles. The summed E-state index contributed by atoms with van der Waals surface area (Å²) in [5.74, 6) is 4.14. The van der Waals surface area contributed by atoms with E-state index in [9.17, 15) is 9.50 Å². The molecule has 0 radical (unpaired) electrons. The highest BCUT2D eigenvalue weighted by atomic mass is 19.1. The summed E-state index contributed by atoms with van der Waals surface area (Å²) in [7, 11) is 0. The Kier molecular flexibility index (Phi) is 3.08. The summed E-state index contributed by atoms with van der Waals surface area (Å²) in [5, 5.41) is 9.75. The number of rotatable bonds is 2. The number of benzene rings is 1. The van der Waals surface area contributed by atoms with Gasteiger partial charge in [-0.15, -0.1) is 0 Å². The van der Waals surface area contributed by atoms with Crippen LogP contribution in [0.25, 0.3) is 0 Å². The van der Waals surface area contributed by atoms with Crippen LogP contribution in [0.4, 0.5) is 4.39 Å². The summed E-state index contributed by atoms with van der Waals surface area (Å²) in [6.07, 6.45) is 17.3. The molecular weight excluding hydrogens is 347 g/mol. The van der Waals surface area contributed by atoms with Gasteiger partial charge in [-0.2, -0.15) is 0 Å². The van der Waals surface area contributed by atoms with Crippen LogP contribution in [0, 0.1) is 46.2 Å². The van der Waals surface area contributed by atoms with Gasteiger partial charge in [0.1, 0.15) is 0 Å². The van der Waals surface area contributed by atoms with Crippen LogP contribution in [0.1, 0.15) is 82.6 Å². The summed E-state index contributed by atoms with van der Waals surface area (Å²) < 4.78 is 14.3. The van der Waals surface area contributed by atoms with Gasteiger partial charge in [-0.05, 0) is 141 Å². The lowest BCUT2D eigenvalue weighted by molar-refractivity contribution is -0.205. The molecule has 8 aliphatic rings. The standard InChI is InChI=1S/C26H33FO/c27-22-7-21(1-2-23(22)28)24-8-19-6-20(9-24)14-26(13-19,15-24)25-10-16-3-17(11-25)5-18(4-16)12-25/h1-2,7,16-20,28H,3-6,8-15H2. The normalized spacial score (nSPS) is 53.1. The molecule has 1 nitrogen and oxygen atoms in total. The van der Waals surface area contributed by atoms with Crippen molar-refractivity contribution >= 4 is 0 Å².